The molecule has 8 heteroatoms. The molecule has 1 aromatic carbocycles. The van der Waals surface area contributed by atoms with Crippen LogP contribution in [0.15, 0.2) is 52.3 Å². The van der Waals surface area contributed by atoms with Crippen LogP contribution in [0.5, 0.6) is 0 Å². The van der Waals surface area contributed by atoms with E-state index in [0.717, 1.165) is 36.3 Å². The first-order chi connectivity index (χ1) is 15.5. The fourth-order valence-electron chi connectivity index (χ4n) is 6.20. The van der Waals surface area contributed by atoms with E-state index in [1.54, 1.807) is 0 Å². The Bertz CT molecular complexity index is 830. The van der Waals surface area contributed by atoms with Gasteiger partial charge >= 0.3 is 203 Å². The van der Waals surface area contributed by atoms with Crippen LogP contribution in [0.2, 0.25) is 0 Å². The van der Waals surface area contributed by atoms with Gasteiger partial charge in [-0.25, -0.2) is 0 Å². The van der Waals surface area contributed by atoms with Gasteiger partial charge in [0.2, 0.25) is 0 Å². The summed E-state index contributed by atoms with van der Waals surface area (Å²) in [4.78, 5) is 0. The summed E-state index contributed by atoms with van der Waals surface area (Å²) in [5.74, 6) is -0.0158. The molecule has 2 aliphatic heterocycles. The molecule has 32 heavy (non-hydrogen) atoms. The van der Waals surface area contributed by atoms with Crippen molar-refractivity contribution in [1.29, 1.82) is 0 Å². The zero-order chi connectivity index (χ0) is 22.7. The first kappa shape index (κ1) is 24.6. The zero-order valence-corrected chi connectivity index (χ0v) is 22.1. The van der Waals surface area contributed by atoms with Crippen LogP contribution in [0, 0.1) is 5.92 Å². The number of hydrogen-bond donors (Lipinski definition) is 1. The van der Waals surface area contributed by atoms with E-state index in [2.05, 4.69) is 51.1 Å². The Labute approximate surface area is 202 Å². The number of rotatable bonds is 9. The molecule has 0 radical (unpaired) electrons. The molecule has 0 saturated carbocycles. The number of ether oxygens (including phenoxy) is 2. The topological polar surface area (TPSA) is 45.2 Å². The first-order valence-corrected chi connectivity index (χ1v) is 15.0. The third-order valence-corrected chi connectivity index (χ3v) is 13.4. The van der Waals surface area contributed by atoms with Crippen molar-refractivity contribution in [2.24, 2.45) is 5.92 Å². The van der Waals surface area contributed by atoms with Crippen LogP contribution in [0.4, 0.5) is 0 Å². The van der Waals surface area contributed by atoms with Crippen molar-refractivity contribution < 1.29 is 14.6 Å². The van der Waals surface area contributed by atoms with Crippen LogP contribution in [-0.2, 0) is 9.47 Å². The maximum absolute atomic E-state index is 11.6. The molecule has 3 aliphatic rings. The molecule has 176 valence electrons. The Morgan fingerprint density at radius 1 is 1.09 bits per heavy atom. The van der Waals surface area contributed by atoms with Crippen molar-refractivity contribution in [2.75, 3.05) is 40.5 Å². The molecule has 0 aromatic heterocycles. The third-order valence-electron chi connectivity index (χ3n) is 7.66. The van der Waals surface area contributed by atoms with Gasteiger partial charge in [-0.05, 0) is 0 Å². The van der Waals surface area contributed by atoms with E-state index in [9.17, 15) is 5.11 Å². The molecule has 0 amide bonds. The number of aliphatic hydroxyl groups is 1. The monoisotopic (exact) mass is 522 g/mol. The van der Waals surface area contributed by atoms with Gasteiger partial charge in [-0.15, -0.1) is 0 Å². The van der Waals surface area contributed by atoms with Crippen LogP contribution >= 0.6 is 23.4 Å². The molecule has 2 heterocycles. The molecule has 1 aromatic rings. The van der Waals surface area contributed by atoms with Gasteiger partial charge in [-0.1, -0.05) is 0 Å². The fraction of sp³-hybridized carbons (Fsp3) is 0.583. The quantitative estimate of drug-likeness (QED) is 0.393. The van der Waals surface area contributed by atoms with Gasteiger partial charge in [0.25, 0.3) is 0 Å². The number of halogens is 1. The molecule has 0 unspecified atom stereocenters. The van der Waals surface area contributed by atoms with Crippen LogP contribution in [-0.4, -0.2) is 74.6 Å². The van der Waals surface area contributed by atoms with Gasteiger partial charge in [0.1, 0.15) is 0 Å². The molecular formula is C24H37BBrN2O3P. The molecule has 1 aliphatic carbocycles. The van der Waals surface area contributed by atoms with Gasteiger partial charge in [0, 0.05) is 0 Å². The fourth-order valence-corrected chi connectivity index (χ4v) is 12.0. The Morgan fingerprint density at radius 2 is 1.69 bits per heavy atom. The molecular weight excluding hydrogens is 486 g/mol. The van der Waals surface area contributed by atoms with Crippen LogP contribution in [0.25, 0.3) is 0 Å². The normalized spacial score (nSPS) is 28.4. The minimum atomic E-state index is -2.30. The SMILES string of the molecule is B[PH](C1=CC=C[C@H]1[C@H](O)c1ccccc1Br)(N1CCC[C@H]1COC)N1CCC[C@H]1COC. The zero-order valence-electron chi connectivity index (χ0n) is 19.5. The molecule has 2 saturated heterocycles. The first-order valence-electron chi connectivity index (χ1n) is 11.8. The summed E-state index contributed by atoms with van der Waals surface area (Å²) in [6.07, 6.45) is 10.9. The molecule has 4 atom stereocenters. The second kappa shape index (κ2) is 10.8. The number of allylic oxidation sites excluding steroid dienone is 2. The van der Waals surface area contributed by atoms with Crippen LogP contribution in [0.3, 0.4) is 0 Å². The molecule has 5 nitrogen and oxygen atoms in total. The second-order valence-corrected chi connectivity index (χ2v) is 14.0. The Balaban J connectivity index is 1.73. The predicted molar refractivity (Wildman–Crippen MR) is 140 cm³/mol. The van der Waals surface area contributed by atoms with Crippen molar-refractivity contribution in [3.8, 4) is 0 Å². The molecule has 2 fully saturated rings. The molecule has 4 rings (SSSR count). The standard InChI is InChI=1S/C24H37BBrN2O3P/c1-30-16-18-8-6-14-27(18)32(25,28-15-7-9-19(28)17-31-2)23-13-5-11-21(23)24(29)20-10-3-4-12-22(20)26/h3-5,10-13,18-19,21,24,29,32H,6-9,14-17,25H2,1-2H3/t18-,19-,21+,24+/m0/s1. The van der Waals surface area contributed by atoms with Crippen LogP contribution in [0.1, 0.15) is 37.4 Å². The minimum absolute atomic E-state index is 0.0158. The number of aliphatic hydroxyl groups excluding tert-OH is 1. The van der Waals surface area contributed by atoms with Crippen molar-refractivity contribution >= 4 is 30.9 Å². The summed E-state index contributed by atoms with van der Waals surface area (Å²) in [7, 11) is 3.84. The second-order valence-electron chi connectivity index (χ2n) is 9.41. The van der Waals surface area contributed by atoms with E-state index in [1.165, 1.54) is 31.0 Å². The van der Waals surface area contributed by atoms with Gasteiger partial charge in [0.15, 0.2) is 0 Å². The maximum atomic E-state index is 11.6. The number of methoxy groups -OCH3 is 2. The average Bonchev–Trinajstić information content (AvgIpc) is 3.55. The number of benzene rings is 1. The molecule has 1 N–H and O–H groups in total. The summed E-state index contributed by atoms with van der Waals surface area (Å²) in [5, 5.41) is 13.0. The van der Waals surface area contributed by atoms with E-state index in [0.29, 0.717) is 12.1 Å². The molecule has 0 spiro atoms. The van der Waals surface area contributed by atoms with Crippen molar-refractivity contribution in [3.63, 3.8) is 0 Å². The Kier molecular flexibility index (Phi) is 8.31. The van der Waals surface area contributed by atoms with Gasteiger partial charge < -0.3 is 0 Å². The van der Waals surface area contributed by atoms with Crippen LogP contribution < -0.4 is 0 Å². The van der Waals surface area contributed by atoms with E-state index in [-0.39, 0.29) is 5.92 Å². The predicted octanol–water partition coefficient (Wildman–Crippen LogP) is 3.90. The molecule has 0 bridgehead atoms. The Hall–Kier alpha value is -0.525. The van der Waals surface area contributed by atoms with E-state index < -0.39 is 13.5 Å². The number of hydrogen-bond acceptors (Lipinski definition) is 5. The van der Waals surface area contributed by atoms with Gasteiger partial charge in [-0.2, -0.15) is 0 Å². The van der Waals surface area contributed by atoms with Crippen molar-refractivity contribution in [3.05, 3.63) is 57.8 Å². The summed E-state index contributed by atoms with van der Waals surface area (Å²) >= 11 is 3.66. The van der Waals surface area contributed by atoms with Gasteiger partial charge in [0.05, 0.1) is 0 Å². The van der Waals surface area contributed by atoms with Gasteiger partial charge in [-0.3, -0.25) is 0 Å². The van der Waals surface area contributed by atoms with E-state index >= 15 is 0 Å². The van der Waals surface area contributed by atoms with E-state index in [4.69, 9.17) is 9.47 Å². The summed E-state index contributed by atoms with van der Waals surface area (Å²) in [5.41, 5.74) is 0.955. The summed E-state index contributed by atoms with van der Waals surface area (Å²) in [6.45, 7) is 3.73. The van der Waals surface area contributed by atoms with E-state index in [1.807, 2.05) is 38.5 Å². The van der Waals surface area contributed by atoms with Crippen molar-refractivity contribution in [1.82, 2.24) is 9.34 Å². The number of nitrogens with zero attached hydrogens (tertiary/aromatic N) is 2. The Morgan fingerprint density at radius 3 is 2.25 bits per heavy atom. The average molecular weight is 523 g/mol. The summed E-state index contributed by atoms with van der Waals surface area (Å²) < 4.78 is 17.8. The van der Waals surface area contributed by atoms with Crippen molar-refractivity contribution in [2.45, 2.75) is 43.9 Å². The third kappa shape index (κ3) is 4.55. The summed E-state index contributed by atoms with van der Waals surface area (Å²) in [6, 6.07) is 8.92.